The minimum absolute atomic E-state index is 0.00907. The fourth-order valence-electron chi connectivity index (χ4n) is 6.44. The molecule has 3 rings (SSSR count). The Morgan fingerprint density at radius 1 is 1.06 bits per heavy atom. The van der Waals surface area contributed by atoms with Crippen LogP contribution in [0.2, 0.25) is 0 Å². The minimum atomic E-state index is -0.567. The summed E-state index contributed by atoms with van der Waals surface area (Å²) in [6, 6.07) is 6.04. The van der Waals surface area contributed by atoms with E-state index in [9.17, 15) is 14.9 Å². The highest BCUT2D eigenvalue weighted by atomic mass is 16.6. The van der Waals surface area contributed by atoms with Crippen molar-refractivity contribution in [1.29, 1.82) is 0 Å². The van der Waals surface area contributed by atoms with Crippen molar-refractivity contribution in [3.63, 3.8) is 0 Å². The van der Waals surface area contributed by atoms with Crippen molar-refractivity contribution in [2.24, 2.45) is 22.9 Å². The number of hydrogen-bond acceptors (Lipinski definition) is 7. The molecule has 0 spiro atoms. The molecule has 1 heterocycles. The van der Waals surface area contributed by atoms with Gasteiger partial charge in [0, 0.05) is 23.2 Å². The van der Waals surface area contributed by atoms with Crippen LogP contribution in [0.1, 0.15) is 122 Å². The van der Waals surface area contributed by atoms with Crippen LogP contribution in [0.3, 0.4) is 0 Å². The largest absolute Gasteiger partial charge is 0.487 e. The molecule has 3 unspecified atom stereocenters. The normalized spacial score (nSPS) is 16.9. The number of fused-ring (bicyclic) bond motifs is 1. The first kappa shape index (κ1) is 37.7. The van der Waals surface area contributed by atoms with Gasteiger partial charge in [-0.25, -0.2) is 0 Å². The second-order valence-corrected chi connectivity index (χ2v) is 14.3. The van der Waals surface area contributed by atoms with Gasteiger partial charge in [-0.05, 0) is 98.6 Å². The molecule has 0 amide bonds. The zero-order valence-electron chi connectivity index (χ0n) is 29.6. The number of aryl methyl sites for hydroxylation is 1. The highest BCUT2D eigenvalue weighted by molar-refractivity contribution is 5.75. The first-order chi connectivity index (χ1) is 22.3. The lowest BCUT2D eigenvalue weighted by atomic mass is 9.85. The SMILES string of the molecule is Cc1c(OC(=O)CCNc2ccc(N=[N+]=[N-])cc2[N+](=O)[O-])cc2c(c1C)OC(C)(CCCC(C)CCCC(C)CCCC(C)C)CC2. The highest BCUT2D eigenvalue weighted by Crippen LogP contribution is 2.42. The lowest BCUT2D eigenvalue weighted by molar-refractivity contribution is -0.383. The smallest absolute Gasteiger partial charge is 0.312 e. The second kappa shape index (κ2) is 17.9. The number of nitro groups is 1. The van der Waals surface area contributed by atoms with Crippen LogP contribution in [0.15, 0.2) is 29.4 Å². The molecule has 10 heteroatoms. The molecule has 0 aliphatic carbocycles. The summed E-state index contributed by atoms with van der Waals surface area (Å²) in [5.74, 6) is 3.36. The summed E-state index contributed by atoms with van der Waals surface area (Å²) in [6.45, 7) is 15.7. The van der Waals surface area contributed by atoms with E-state index in [1.807, 2.05) is 19.9 Å². The molecule has 1 N–H and O–H groups in total. The van der Waals surface area contributed by atoms with Crippen LogP contribution in [0.5, 0.6) is 11.5 Å². The summed E-state index contributed by atoms with van der Waals surface area (Å²) >= 11 is 0. The maximum atomic E-state index is 12.7. The van der Waals surface area contributed by atoms with Crippen molar-refractivity contribution in [3.8, 4) is 11.5 Å². The van der Waals surface area contributed by atoms with E-state index in [-0.39, 0.29) is 35.6 Å². The quantitative estimate of drug-likeness (QED) is 0.0305. The van der Waals surface area contributed by atoms with Gasteiger partial charge in [0.05, 0.1) is 11.3 Å². The average Bonchev–Trinajstić information content (AvgIpc) is 3.00. The molecule has 0 saturated carbocycles. The van der Waals surface area contributed by atoms with Crippen LogP contribution in [0, 0.1) is 41.7 Å². The van der Waals surface area contributed by atoms with Gasteiger partial charge in [-0.15, -0.1) is 0 Å². The zero-order valence-corrected chi connectivity index (χ0v) is 29.6. The van der Waals surface area contributed by atoms with Crippen LogP contribution in [0.4, 0.5) is 17.1 Å². The number of azide groups is 1. The van der Waals surface area contributed by atoms with Crippen LogP contribution in [0.25, 0.3) is 10.4 Å². The molecule has 0 aromatic heterocycles. The zero-order chi connectivity index (χ0) is 34.6. The molecule has 0 saturated heterocycles. The number of ether oxygens (including phenoxy) is 2. The van der Waals surface area contributed by atoms with E-state index in [0.29, 0.717) is 5.75 Å². The fraction of sp³-hybridized carbons (Fsp3) is 0.649. The number of anilines is 1. The number of benzene rings is 2. The third kappa shape index (κ3) is 11.8. The Balaban J connectivity index is 1.47. The summed E-state index contributed by atoms with van der Waals surface area (Å²) in [5, 5.41) is 17.8. The molecule has 1 aliphatic rings. The third-order valence-electron chi connectivity index (χ3n) is 9.62. The number of esters is 1. The molecule has 3 atom stereocenters. The lowest BCUT2D eigenvalue weighted by Crippen LogP contribution is -2.36. The number of rotatable bonds is 19. The molecule has 2 aromatic carbocycles. The molecule has 0 fully saturated rings. The lowest BCUT2D eigenvalue weighted by Gasteiger charge is -2.37. The van der Waals surface area contributed by atoms with Gasteiger partial charge in [0.2, 0.25) is 0 Å². The number of hydrogen-bond donors (Lipinski definition) is 1. The van der Waals surface area contributed by atoms with Crippen molar-refractivity contribution in [3.05, 3.63) is 61.5 Å². The first-order valence-electron chi connectivity index (χ1n) is 17.4. The average molecular weight is 650 g/mol. The monoisotopic (exact) mass is 649 g/mol. The molecule has 10 nitrogen and oxygen atoms in total. The van der Waals surface area contributed by atoms with Crippen molar-refractivity contribution < 1.29 is 19.2 Å². The number of nitro benzene ring substituents is 1. The Kier molecular flexibility index (Phi) is 14.4. The summed E-state index contributed by atoms with van der Waals surface area (Å²) < 4.78 is 12.4. The highest BCUT2D eigenvalue weighted by Gasteiger charge is 2.33. The first-order valence-corrected chi connectivity index (χ1v) is 17.4. The predicted molar refractivity (Wildman–Crippen MR) is 189 cm³/mol. The summed E-state index contributed by atoms with van der Waals surface area (Å²) in [6.07, 6.45) is 13.2. The number of nitrogens with zero attached hydrogens (tertiary/aromatic N) is 4. The van der Waals surface area contributed by atoms with E-state index < -0.39 is 10.9 Å². The van der Waals surface area contributed by atoms with Gasteiger partial charge in [-0.3, -0.25) is 14.9 Å². The molecular formula is C37H55N5O5. The second-order valence-electron chi connectivity index (χ2n) is 14.3. The molecule has 0 bridgehead atoms. The molecule has 258 valence electrons. The van der Waals surface area contributed by atoms with Gasteiger partial charge >= 0.3 is 5.97 Å². The maximum Gasteiger partial charge on any atom is 0.312 e. The molecular weight excluding hydrogens is 594 g/mol. The van der Waals surface area contributed by atoms with Crippen LogP contribution in [-0.2, 0) is 11.2 Å². The summed E-state index contributed by atoms with van der Waals surface area (Å²) in [5.41, 5.74) is 11.4. The van der Waals surface area contributed by atoms with E-state index in [1.54, 1.807) is 0 Å². The van der Waals surface area contributed by atoms with Crippen LogP contribution >= 0.6 is 0 Å². The Hall–Kier alpha value is -3.78. The van der Waals surface area contributed by atoms with Gasteiger partial charge in [0.25, 0.3) is 5.69 Å². The predicted octanol–water partition coefficient (Wildman–Crippen LogP) is 11.1. The van der Waals surface area contributed by atoms with Gasteiger partial charge in [0.1, 0.15) is 22.8 Å². The van der Waals surface area contributed by atoms with E-state index in [1.165, 1.54) is 63.1 Å². The Labute approximate surface area is 280 Å². The van der Waals surface area contributed by atoms with Crippen LogP contribution in [-0.4, -0.2) is 23.0 Å². The van der Waals surface area contributed by atoms with Crippen molar-refractivity contribution >= 4 is 23.0 Å². The van der Waals surface area contributed by atoms with E-state index in [0.717, 1.165) is 65.9 Å². The third-order valence-corrected chi connectivity index (χ3v) is 9.62. The maximum absolute atomic E-state index is 12.7. The van der Waals surface area contributed by atoms with Gasteiger partial charge < -0.3 is 14.8 Å². The standard InChI is InChI=1S/C37H55N5O5/c1-25(2)11-8-12-26(3)13-9-14-27(4)15-10-20-37(7)21-18-30-23-34(28(5)29(6)36(30)47-37)46-35(43)19-22-39-32-17-16-31(40-41-38)24-33(32)42(44)45/h16-17,23-27,39H,8-15,18-22H2,1-7H3. The van der Waals surface area contributed by atoms with Gasteiger partial charge in [-0.1, -0.05) is 83.8 Å². The van der Waals surface area contributed by atoms with Crippen molar-refractivity contribution in [2.45, 2.75) is 131 Å². The van der Waals surface area contributed by atoms with E-state index in [2.05, 4.69) is 50.0 Å². The minimum Gasteiger partial charge on any atom is -0.487 e. The van der Waals surface area contributed by atoms with Crippen molar-refractivity contribution in [2.75, 3.05) is 11.9 Å². The molecule has 0 radical (unpaired) electrons. The number of carbonyl (C=O) groups is 1. The fourth-order valence-corrected chi connectivity index (χ4v) is 6.44. The van der Waals surface area contributed by atoms with Gasteiger partial charge in [0.15, 0.2) is 0 Å². The van der Waals surface area contributed by atoms with E-state index >= 15 is 0 Å². The number of carbonyl (C=O) groups excluding carboxylic acids is 1. The Bertz CT molecular complexity index is 1420. The topological polar surface area (TPSA) is 139 Å². The van der Waals surface area contributed by atoms with E-state index in [4.69, 9.17) is 15.0 Å². The summed E-state index contributed by atoms with van der Waals surface area (Å²) in [4.78, 5) is 26.3. The Morgan fingerprint density at radius 2 is 1.72 bits per heavy atom. The van der Waals surface area contributed by atoms with Crippen LogP contribution < -0.4 is 14.8 Å². The molecule has 47 heavy (non-hydrogen) atoms. The molecule has 1 aliphatic heterocycles. The molecule has 2 aromatic rings. The van der Waals surface area contributed by atoms with Crippen molar-refractivity contribution in [1.82, 2.24) is 0 Å². The number of nitrogens with one attached hydrogen (secondary N) is 1. The van der Waals surface area contributed by atoms with Gasteiger partial charge in [-0.2, -0.15) is 0 Å². The summed E-state index contributed by atoms with van der Waals surface area (Å²) in [7, 11) is 0. The Morgan fingerprint density at radius 3 is 2.36 bits per heavy atom.